The second-order valence-electron chi connectivity index (χ2n) is 8.69. The summed E-state index contributed by atoms with van der Waals surface area (Å²) < 4.78 is 13.6. The summed E-state index contributed by atoms with van der Waals surface area (Å²) in [6.45, 7) is 1.70. The predicted octanol–water partition coefficient (Wildman–Crippen LogP) is 3.86. The zero-order valence-corrected chi connectivity index (χ0v) is 15.6. The minimum Gasteiger partial charge on any atom is -0.323 e. The van der Waals surface area contributed by atoms with Crippen molar-refractivity contribution in [2.75, 3.05) is 5.32 Å². The average Bonchev–Trinajstić information content (AvgIpc) is 2.60. The summed E-state index contributed by atoms with van der Waals surface area (Å²) in [5, 5.41) is 6.68. The van der Waals surface area contributed by atoms with Crippen molar-refractivity contribution in [3.05, 3.63) is 30.1 Å². The maximum atomic E-state index is 13.6. The monoisotopic (exact) mass is 371 g/mol. The van der Waals surface area contributed by atoms with Gasteiger partial charge in [0.15, 0.2) is 0 Å². The molecule has 27 heavy (non-hydrogen) atoms. The van der Waals surface area contributed by atoms with Crippen LogP contribution in [0.5, 0.6) is 0 Å². The van der Waals surface area contributed by atoms with E-state index in [1.165, 1.54) is 31.4 Å². The normalized spacial score (nSPS) is 31.6. The largest absolute Gasteiger partial charge is 0.323 e. The molecule has 6 heteroatoms. The van der Waals surface area contributed by atoms with E-state index in [4.69, 9.17) is 0 Å². The first-order valence-corrected chi connectivity index (χ1v) is 9.81. The number of anilines is 1. The van der Waals surface area contributed by atoms with Crippen LogP contribution in [-0.2, 0) is 9.59 Å². The van der Waals surface area contributed by atoms with Crippen molar-refractivity contribution < 1.29 is 14.0 Å². The second kappa shape index (κ2) is 7.06. The van der Waals surface area contributed by atoms with Crippen molar-refractivity contribution in [3.63, 3.8) is 0 Å². The molecule has 1 aromatic carbocycles. The van der Waals surface area contributed by atoms with E-state index >= 15 is 0 Å². The van der Waals surface area contributed by atoms with Gasteiger partial charge in [-0.1, -0.05) is 12.1 Å². The predicted molar refractivity (Wildman–Crippen MR) is 102 cm³/mol. The number of carbonyl (C=O) groups is 2. The third-order valence-electron chi connectivity index (χ3n) is 6.43. The van der Waals surface area contributed by atoms with Crippen LogP contribution >= 0.6 is 0 Å². The molecule has 5 nitrogen and oxygen atoms in total. The molecule has 144 valence electrons. The highest BCUT2D eigenvalue weighted by Gasteiger charge is 2.54. The van der Waals surface area contributed by atoms with Crippen molar-refractivity contribution >= 4 is 23.2 Å². The van der Waals surface area contributed by atoms with E-state index in [-0.39, 0.29) is 29.3 Å². The molecule has 0 aromatic heterocycles. The van der Waals surface area contributed by atoms with Crippen molar-refractivity contribution in [2.45, 2.75) is 51.9 Å². The van der Waals surface area contributed by atoms with E-state index in [2.05, 4.69) is 15.8 Å². The number of hydrazone groups is 1. The van der Waals surface area contributed by atoms with E-state index in [0.29, 0.717) is 23.5 Å². The van der Waals surface area contributed by atoms with Gasteiger partial charge in [0.1, 0.15) is 5.82 Å². The van der Waals surface area contributed by atoms with Crippen LogP contribution in [0.2, 0.25) is 0 Å². The van der Waals surface area contributed by atoms with Crippen LogP contribution in [-0.4, -0.2) is 17.5 Å². The maximum Gasteiger partial charge on any atom is 0.246 e. The van der Waals surface area contributed by atoms with E-state index in [0.717, 1.165) is 19.3 Å². The number of para-hydroxylation sites is 1. The molecule has 0 unspecified atom stereocenters. The number of hydrogen-bond donors (Lipinski definition) is 2. The Bertz CT molecular complexity index is 754. The van der Waals surface area contributed by atoms with Gasteiger partial charge in [0.2, 0.25) is 11.8 Å². The van der Waals surface area contributed by atoms with Gasteiger partial charge in [-0.05, 0) is 75.3 Å². The smallest absolute Gasteiger partial charge is 0.246 e. The molecule has 1 aromatic rings. The van der Waals surface area contributed by atoms with Crippen molar-refractivity contribution in [3.8, 4) is 0 Å². The number of carbonyl (C=O) groups excluding carboxylic acids is 2. The number of benzene rings is 1. The van der Waals surface area contributed by atoms with Gasteiger partial charge in [0.25, 0.3) is 0 Å². The first-order valence-electron chi connectivity index (χ1n) is 9.81. The summed E-state index contributed by atoms with van der Waals surface area (Å²) in [4.78, 5) is 24.9. The number of hydrogen-bond acceptors (Lipinski definition) is 3. The van der Waals surface area contributed by atoms with Crippen LogP contribution in [0.1, 0.15) is 51.9 Å². The van der Waals surface area contributed by atoms with Crippen LogP contribution < -0.4 is 10.7 Å². The molecule has 4 aliphatic carbocycles. The quantitative estimate of drug-likeness (QED) is 0.609. The molecule has 0 spiro atoms. The van der Waals surface area contributed by atoms with Gasteiger partial charge in [-0.15, -0.1) is 0 Å². The molecule has 2 N–H and O–H groups in total. The number of halogens is 1. The molecule has 0 aliphatic heterocycles. The molecular formula is C21H26FN3O2. The van der Waals surface area contributed by atoms with Gasteiger partial charge in [0.05, 0.1) is 17.5 Å². The zero-order chi connectivity index (χ0) is 19.0. The van der Waals surface area contributed by atoms with Gasteiger partial charge in [0, 0.05) is 5.71 Å². The molecular weight excluding hydrogens is 345 g/mol. The summed E-state index contributed by atoms with van der Waals surface area (Å²) >= 11 is 0. The minimum atomic E-state index is -0.476. The standard InChI is InChI=1S/C21H26FN3O2/c1-13(6-19(26)23-18-5-3-2-4-17(18)22)24-25-20(27)21-10-14-7-15(11-21)9-16(8-14)12-21/h2-5,14-16H,6-12H2,1H3,(H,23,26)(H,25,27)/b24-13-. The second-order valence-corrected chi connectivity index (χ2v) is 8.69. The zero-order valence-electron chi connectivity index (χ0n) is 15.6. The lowest BCUT2D eigenvalue weighted by Crippen LogP contribution is -2.52. The lowest BCUT2D eigenvalue weighted by atomic mass is 9.49. The molecule has 0 atom stereocenters. The number of amides is 2. The first kappa shape index (κ1) is 18.1. The molecule has 4 bridgehead atoms. The third kappa shape index (κ3) is 3.75. The summed E-state index contributed by atoms with van der Waals surface area (Å²) in [6.07, 6.45) is 6.80. The highest BCUT2D eigenvalue weighted by atomic mass is 19.1. The lowest BCUT2D eigenvalue weighted by molar-refractivity contribution is -0.146. The molecule has 4 fully saturated rings. The Labute approximate surface area is 158 Å². The Balaban J connectivity index is 1.33. The van der Waals surface area contributed by atoms with Crippen LogP contribution in [0.4, 0.5) is 10.1 Å². The van der Waals surface area contributed by atoms with Crippen molar-refractivity contribution in [1.82, 2.24) is 5.43 Å². The highest BCUT2D eigenvalue weighted by Crippen LogP contribution is 2.60. The summed E-state index contributed by atoms with van der Waals surface area (Å²) in [5.41, 5.74) is 3.11. The van der Waals surface area contributed by atoms with Gasteiger partial charge >= 0.3 is 0 Å². The summed E-state index contributed by atoms with van der Waals surface area (Å²) in [6, 6.07) is 6.03. The fourth-order valence-corrected chi connectivity index (χ4v) is 5.68. The number of nitrogens with one attached hydrogen (secondary N) is 2. The van der Waals surface area contributed by atoms with Gasteiger partial charge < -0.3 is 5.32 Å². The summed E-state index contributed by atoms with van der Waals surface area (Å²) in [7, 11) is 0. The molecule has 2 amide bonds. The average molecular weight is 371 g/mol. The van der Waals surface area contributed by atoms with E-state index in [1.807, 2.05) is 0 Å². The highest BCUT2D eigenvalue weighted by molar-refractivity contribution is 6.05. The van der Waals surface area contributed by atoms with Crippen LogP contribution in [0.15, 0.2) is 29.4 Å². The Morgan fingerprint density at radius 1 is 1.11 bits per heavy atom. The fraction of sp³-hybridized carbons (Fsp3) is 0.571. The molecule has 5 rings (SSSR count). The SMILES string of the molecule is C/C(CC(=O)Nc1ccccc1F)=N/NC(=O)C12CC3CC(CC(C3)C1)C2. The van der Waals surface area contributed by atoms with Crippen molar-refractivity contribution in [1.29, 1.82) is 0 Å². The summed E-state index contributed by atoms with van der Waals surface area (Å²) in [5.74, 6) is 1.26. The number of rotatable bonds is 5. The minimum absolute atomic E-state index is 0.00941. The van der Waals surface area contributed by atoms with Gasteiger partial charge in [-0.2, -0.15) is 5.10 Å². The third-order valence-corrected chi connectivity index (χ3v) is 6.43. The Morgan fingerprint density at radius 3 is 2.30 bits per heavy atom. The Hall–Kier alpha value is -2.24. The first-order chi connectivity index (χ1) is 12.9. The molecule has 0 heterocycles. The van der Waals surface area contributed by atoms with Crippen LogP contribution in [0, 0.1) is 29.0 Å². The lowest BCUT2D eigenvalue weighted by Gasteiger charge is -2.55. The molecule has 4 saturated carbocycles. The van der Waals surface area contributed by atoms with Crippen LogP contribution in [0.3, 0.4) is 0 Å². The van der Waals surface area contributed by atoms with E-state index in [9.17, 15) is 14.0 Å². The Morgan fingerprint density at radius 2 is 1.70 bits per heavy atom. The van der Waals surface area contributed by atoms with Gasteiger partial charge in [-0.3, -0.25) is 9.59 Å². The van der Waals surface area contributed by atoms with E-state index in [1.54, 1.807) is 19.1 Å². The van der Waals surface area contributed by atoms with E-state index < -0.39 is 5.82 Å². The molecule has 4 aliphatic rings. The fourth-order valence-electron chi connectivity index (χ4n) is 5.68. The van der Waals surface area contributed by atoms with Crippen LogP contribution in [0.25, 0.3) is 0 Å². The molecule has 0 saturated heterocycles. The molecule has 0 radical (unpaired) electrons. The topological polar surface area (TPSA) is 70.6 Å². The number of nitrogens with zero attached hydrogens (tertiary/aromatic N) is 1. The Kier molecular flexibility index (Phi) is 4.74. The maximum absolute atomic E-state index is 13.6. The van der Waals surface area contributed by atoms with Crippen molar-refractivity contribution in [2.24, 2.45) is 28.3 Å². The van der Waals surface area contributed by atoms with Gasteiger partial charge in [-0.25, -0.2) is 9.82 Å².